The first-order valence-corrected chi connectivity index (χ1v) is 49.8. The minimum absolute atomic E-state index is 0. The van der Waals surface area contributed by atoms with E-state index >= 15 is 0 Å². The number of aldehydes is 3. The molecule has 0 radical (unpaired) electrons. The molecule has 16 fully saturated rings. The van der Waals surface area contributed by atoms with Gasteiger partial charge in [0.15, 0.2) is 43.0 Å². The lowest BCUT2D eigenvalue weighted by molar-refractivity contribution is -0.247. The topological polar surface area (TPSA) is 178 Å². The predicted molar refractivity (Wildman–Crippen MR) is 483 cm³/mol. The van der Waals surface area contributed by atoms with Gasteiger partial charge in [0.1, 0.15) is 12.1 Å². The Morgan fingerprint density at radius 3 is 1.08 bits per heavy atom. The van der Waals surface area contributed by atoms with Gasteiger partial charge in [-0.2, -0.15) is 0 Å². The van der Waals surface area contributed by atoms with Crippen molar-refractivity contribution in [3.8, 4) is 0 Å². The minimum atomic E-state index is -0.519. The third-order valence-electron chi connectivity index (χ3n) is 43.8. The highest BCUT2D eigenvalue weighted by Gasteiger charge is 2.76. The van der Waals surface area contributed by atoms with Gasteiger partial charge < -0.3 is 38.3 Å². The molecule has 1 N–H and O–H groups in total. The number of carbonyl (C=O) groups is 6. The van der Waals surface area contributed by atoms with Crippen LogP contribution in [0.3, 0.4) is 0 Å². The number of ether oxygens (including phenoxy) is 6. The van der Waals surface area contributed by atoms with E-state index in [1.54, 1.807) is 0 Å². The van der Waals surface area contributed by atoms with Gasteiger partial charge in [-0.1, -0.05) is 154 Å². The van der Waals surface area contributed by atoms with Crippen molar-refractivity contribution in [1.82, 2.24) is 0 Å². The van der Waals surface area contributed by atoms with Gasteiger partial charge in [0.25, 0.3) is 0 Å². The molecule has 4 unspecified atom stereocenters. The molecular formula is C109H168O13. The van der Waals surface area contributed by atoms with Crippen LogP contribution in [0.5, 0.6) is 0 Å². The van der Waals surface area contributed by atoms with Crippen LogP contribution in [-0.4, -0.2) is 106 Å². The Morgan fingerprint density at radius 1 is 0.402 bits per heavy atom. The van der Waals surface area contributed by atoms with Crippen LogP contribution in [0.25, 0.3) is 0 Å². The van der Waals surface area contributed by atoms with Crippen molar-refractivity contribution in [3.63, 3.8) is 0 Å². The molecule has 682 valence electrons. The van der Waals surface area contributed by atoms with Crippen LogP contribution >= 0.6 is 0 Å². The number of hydrogen-bond acceptors (Lipinski definition) is 13. The zero-order valence-corrected chi connectivity index (χ0v) is 78.8. The summed E-state index contributed by atoms with van der Waals surface area (Å²) in [5.41, 5.74) is 4.52. The van der Waals surface area contributed by atoms with Crippen LogP contribution in [0.1, 0.15) is 343 Å². The molecule has 13 heteroatoms. The molecule has 0 aromatic rings. The molecule has 13 nitrogen and oxygen atoms in total. The van der Waals surface area contributed by atoms with E-state index in [1.165, 1.54) is 127 Å². The lowest BCUT2D eigenvalue weighted by atomic mass is 9.32. The summed E-state index contributed by atoms with van der Waals surface area (Å²) in [6.45, 7) is 58.6. The highest BCUT2D eigenvalue weighted by Crippen LogP contribution is 2.82. The Morgan fingerprint density at radius 2 is 0.746 bits per heavy atom. The summed E-state index contributed by atoms with van der Waals surface area (Å²) in [7, 11) is 0. The maximum absolute atomic E-state index is 13.4. The SMILES string of the molecule is C.C=C(C)[C@@H]1CC[C@]2(COC3CCCCO3)CC[C@]3(C)[C@H](CC[C@@H]4[C@@]5(C)C=C(C=O)C(=O)C(C)(C)[C@@H]5CC[C@]43C)[C@@H]12.C=C(C)[C@@H]1CC[C@]2(COC3CCCCO3)CC[C@]3(C)[C@H](CC[C@@H]4[C@@]5(C)CC(C=O)C(=O)C(C)(C)[C@@H]5CC[C@]43C)[C@@H]12.C=C(CO)[C@@H]1CC[C@]2(COC3CCCCO3)CC[C@]3(C)[C@H](CC[C@@H]4[C@@]5(C)C=C(C=O)C(=O)C(C)(C)[C@@H]5CC[C@]43C)[C@@H]12. The van der Waals surface area contributed by atoms with Crippen LogP contribution in [0.15, 0.2) is 59.8 Å². The van der Waals surface area contributed by atoms with E-state index in [-0.39, 0.29) is 127 Å². The molecule has 31 atom stereocenters. The number of hydrogen-bond donors (Lipinski definition) is 1. The molecule has 18 aliphatic rings. The van der Waals surface area contributed by atoms with Crippen LogP contribution in [-0.2, 0) is 57.2 Å². The lowest BCUT2D eigenvalue weighted by Crippen LogP contribution is -2.67. The molecule has 3 saturated heterocycles. The Balaban J connectivity index is 0.000000142. The molecule has 15 aliphatic carbocycles. The number of rotatable bonds is 16. The standard InChI is InChI=1S/C36H54O5.C36H56O4.C36H54O4.CH4/c1-23(20-37)25-12-15-36(22-41-29-9-7-8-18-40-29)17-16-34(5)26(30(25)36)10-11-28-33(4)19-24(21-38)31(39)32(2,3)27(33)13-14-35(28,34)6;2*1-23(2)25-13-16-36(22-40-29-10-8-9-19-39-29)18-17-34(6)26(30(25)36)11-12-28-33(5)20-24(21-37)31(38)32(3,4)27(33)14-15-35(28,34)7;/h19,21,25-30,37H,1,7-18,20,22H2,2-6H3;21,24-30H,1,8-20,22H2,2-7H3;20-21,25-30H,1,8-19,22H2,2-7H3;1H4/t25-,26+,27-,28+,29?,30+,33-,34+,35+,36+;24?,25-,26+,27-,28+,29?,30+,33-,34+,35+,36+;25-,26+,27-,28+,29?,30+,33-,34+,35+,36+;/m000./s1. The maximum Gasteiger partial charge on any atom is 0.171 e. The van der Waals surface area contributed by atoms with Gasteiger partial charge >= 0.3 is 0 Å². The minimum Gasteiger partial charge on any atom is -0.392 e. The second-order valence-corrected chi connectivity index (χ2v) is 49.2. The summed E-state index contributed by atoms with van der Waals surface area (Å²) >= 11 is 0. The fourth-order valence-electron chi connectivity index (χ4n) is 37.4. The molecule has 0 amide bonds. The first-order valence-electron chi connectivity index (χ1n) is 49.8. The maximum atomic E-state index is 13.4. The molecule has 0 bridgehead atoms. The average molecular weight is 1690 g/mol. The van der Waals surface area contributed by atoms with Gasteiger partial charge in [0.05, 0.1) is 43.5 Å². The van der Waals surface area contributed by atoms with Crippen molar-refractivity contribution < 1.29 is 62.3 Å². The van der Waals surface area contributed by atoms with Crippen molar-refractivity contribution in [2.24, 2.45) is 176 Å². The van der Waals surface area contributed by atoms with E-state index in [0.29, 0.717) is 88.1 Å². The van der Waals surface area contributed by atoms with E-state index < -0.39 is 22.2 Å². The number of allylic oxidation sites excluding steroid dienone is 6. The third-order valence-corrected chi connectivity index (χ3v) is 43.8. The molecule has 3 heterocycles. The van der Waals surface area contributed by atoms with Crippen LogP contribution in [0.2, 0.25) is 0 Å². The van der Waals surface area contributed by atoms with Gasteiger partial charge in [0, 0.05) is 36.1 Å². The van der Waals surface area contributed by atoms with Gasteiger partial charge in [0.2, 0.25) is 0 Å². The first-order chi connectivity index (χ1) is 57.1. The van der Waals surface area contributed by atoms with E-state index in [0.717, 1.165) is 167 Å². The van der Waals surface area contributed by atoms with E-state index in [9.17, 15) is 33.9 Å². The van der Waals surface area contributed by atoms with Crippen molar-refractivity contribution >= 4 is 36.2 Å². The van der Waals surface area contributed by atoms with Crippen molar-refractivity contribution in [1.29, 1.82) is 0 Å². The molecule has 0 aromatic heterocycles. The Kier molecular flexibility index (Phi) is 25.2. The van der Waals surface area contributed by atoms with Gasteiger partial charge in [-0.25, -0.2) is 0 Å². The number of aliphatic hydroxyl groups is 1. The summed E-state index contributed by atoms with van der Waals surface area (Å²) in [6.07, 6.45) is 46.0. The second-order valence-electron chi connectivity index (χ2n) is 49.2. The molecule has 13 saturated carbocycles. The van der Waals surface area contributed by atoms with Crippen LogP contribution in [0.4, 0.5) is 0 Å². The Hall–Kier alpha value is -3.56. The van der Waals surface area contributed by atoms with Crippen molar-refractivity contribution in [2.45, 2.75) is 362 Å². The lowest BCUT2D eigenvalue weighted by Gasteiger charge is -2.72. The Labute approximate surface area is 738 Å². The fraction of sp³-hybridized carbons (Fsp3) is 0.853. The quantitative estimate of drug-likeness (QED) is 0.0669. The number of Topliss-reactive ketones (excluding diaryl/α,β-unsaturated/α-hetero) is 3. The molecule has 18 rings (SSSR count). The van der Waals surface area contributed by atoms with Gasteiger partial charge in [-0.05, 0) is 391 Å². The summed E-state index contributed by atoms with van der Waals surface area (Å²) in [5, 5.41) is 10.3. The largest absolute Gasteiger partial charge is 0.392 e. The van der Waals surface area contributed by atoms with Crippen molar-refractivity contribution in [3.05, 3.63) is 59.8 Å². The zero-order valence-electron chi connectivity index (χ0n) is 78.8. The van der Waals surface area contributed by atoms with Crippen molar-refractivity contribution in [2.75, 3.05) is 46.2 Å². The molecular weight excluding hydrogens is 1520 g/mol. The van der Waals surface area contributed by atoms with E-state index in [1.807, 2.05) is 0 Å². The smallest absolute Gasteiger partial charge is 0.171 e. The number of fused-ring (bicyclic) bond motifs is 21. The summed E-state index contributed by atoms with van der Waals surface area (Å²) in [5.74, 6) is 7.23. The highest BCUT2D eigenvalue weighted by atomic mass is 16.7. The first kappa shape index (κ1) is 93.1. The predicted octanol–water partition coefficient (Wildman–Crippen LogP) is 24.0. The van der Waals surface area contributed by atoms with Crippen LogP contribution in [0, 0.1) is 176 Å². The summed E-state index contributed by atoms with van der Waals surface area (Å²) in [4.78, 5) is 76.5. The van der Waals surface area contributed by atoms with Gasteiger partial charge in [-0.3, -0.25) is 24.0 Å². The van der Waals surface area contributed by atoms with E-state index in [2.05, 4.69) is 150 Å². The number of aliphatic hydroxyl groups excluding tert-OH is 1. The third kappa shape index (κ3) is 13.9. The number of carbonyl (C=O) groups excluding carboxylic acids is 6. The van der Waals surface area contributed by atoms with E-state index in [4.69, 9.17) is 28.4 Å². The monoisotopic (exact) mass is 1690 g/mol. The Bertz CT molecular complexity index is 4060. The normalized spacial score (nSPS) is 49.6. The van der Waals surface area contributed by atoms with Gasteiger partial charge in [-0.15, -0.1) is 0 Å². The molecule has 3 aliphatic heterocycles. The fourth-order valence-corrected chi connectivity index (χ4v) is 37.4. The highest BCUT2D eigenvalue weighted by molar-refractivity contribution is 6.15. The summed E-state index contributed by atoms with van der Waals surface area (Å²) < 4.78 is 37.9. The molecule has 122 heavy (non-hydrogen) atoms. The number of ketones is 3. The second kappa shape index (κ2) is 33.1. The molecule has 0 aromatic carbocycles. The molecule has 0 spiro atoms. The zero-order chi connectivity index (χ0) is 86.9. The average Bonchev–Trinajstić information content (AvgIpc) is 0.890. The van der Waals surface area contributed by atoms with Crippen LogP contribution < -0.4 is 0 Å². The summed E-state index contributed by atoms with van der Waals surface area (Å²) in [6, 6.07) is 0.